The number of benzene rings is 1. The number of carbonyl (C=O) groups is 3. The lowest BCUT2D eigenvalue weighted by atomic mass is 9.86. The lowest BCUT2D eigenvalue weighted by Crippen LogP contribution is -2.49. The molecule has 2 rings (SSSR count). The van der Waals surface area contributed by atoms with Gasteiger partial charge in [-0.3, -0.25) is 20.4 Å². The Balaban J connectivity index is 1.61. The van der Waals surface area contributed by atoms with Crippen molar-refractivity contribution in [2.45, 2.75) is 51.9 Å². The molecule has 9 heteroatoms. The Kier molecular flexibility index (Phi) is 10.1. The van der Waals surface area contributed by atoms with Gasteiger partial charge in [-0.25, -0.2) is 4.79 Å². The summed E-state index contributed by atoms with van der Waals surface area (Å²) in [6.45, 7) is 1.77. The SMILES string of the molecule is CCOC(=O)c1ccc(OCC(=O)NNC(=S)NC(=O)CCC2CCCCC2)cc1. The van der Waals surface area contributed by atoms with Crippen molar-refractivity contribution in [1.29, 1.82) is 0 Å². The van der Waals surface area contributed by atoms with Crippen LogP contribution in [0.3, 0.4) is 0 Å². The van der Waals surface area contributed by atoms with E-state index in [-0.39, 0.29) is 17.6 Å². The van der Waals surface area contributed by atoms with Gasteiger partial charge in [0.2, 0.25) is 5.91 Å². The molecular formula is C21H29N3O5S. The first-order valence-corrected chi connectivity index (χ1v) is 10.7. The minimum absolute atomic E-state index is 0.0378. The minimum atomic E-state index is -0.469. The van der Waals surface area contributed by atoms with Crippen molar-refractivity contribution in [3.63, 3.8) is 0 Å². The summed E-state index contributed by atoms with van der Waals surface area (Å²) in [4.78, 5) is 35.4. The molecule has 0 saturated heterocycles. The first-order valence-electron chi connectivity index (χ1n) is 10.3. The molecule has 1 saturated carbocycles. The van der Waals surface area contributed by atoms with E-state index in [4.69, 9.17) is 21.7 Å². The molecule has 1 aromatic rings. The molecule has 1 fully saturated rings. The summed E-state index contributed by atoms with van der Waals surface area (Å²) in [5.41, 5.74) is 5.25. The smallest absolute Gasteiger partial charge is 0.338 e. The number of hydrazine groups is 1. The van der Waals surface area contributed by atoms with Crippen LogP contribution in [0.1, 0.15) is 62.2 Å². The van der Waals surface area contributed by atoms with Crippen LogP contribution < -0.4 is 20.9 Å². The van der Waals surface area contributed by atoms with Crippen molar-refractivity contribution in [3.05, 3.63) is 29.8 Å². The largest absolute Gasteiger partial charge is 0.484 e. The average molecular weight is 436 g/mol. The van der Waals surface area contributed by atoms with Gasteiger partial charge in [-0.15, -0.1) is 0 Å². The van der Waals surface area contributed by atoms with Gasteiger partial charge in [0.05, 0.1) is 12.2 Å². The van der Waals surface area contributed by atoms with Crippen LogP contribution in [-0.2, 0) is 14.3 Å². The zero-order chi connectivity index (χ0) is 21.8. The number of hydrogen-bond donors (Lipinski definition) is 3. The summed E-state index contributed by atoms with van der Waals surface area (Å²) in [5, 5.41) is 2.60. The highest BCUT2D eigenvalue weighted by molar-refractivity contribution is 7.80. The topological polar surface area (TPSA) is 106 Å². The van der Waals surface area contributed by atoms with E-state index in [0.717, 1.165) is 6.42 Å². The maximum absolute atomic E-state index is 12.0. The van der Waals surface area contributed by atoms with E-state index >= 15 is 0 Å². The first kappa shape index (κ1) is 23.6. The van der Waals surface area contributed by atoms with E-state index in [9.17, 15) is 14.4 Å². The van der Waals surface area contributed by atoms with Crippen LogP contribution >= 0.6 is 12.2 Å². The van der Waals surface area contributed by atoms with Gasteiger partial charge in [0.25, 0.3) is 5.91 Å². The Morgan fingerprint density at radius 3 is 2.40 bits per heavy atom. The van der Waals surface area contributed by atoms with Crippen molar-refractivity contribution in [2.75, 3.05) is 13.2 Å². The predicted octanol–water partition coefficient (Wildman–Crippen LogP) is 2.62. The monoisotopic (exact) mass is 435 g/mol. The van der Waals surface area contributed by atoms with E-state index in [1.54, 1.807) is 31.2 Å². The molecule has 1 aliphatic carbocycles. The maximum atomic E-state index is 12.0. The average Bonchev–Trinajstić information content (AvgIpc) is 2.76. The molecular weight excluding hydrogens is 406 g/mol. The summed E-state index contributed by atoms with van der Waals surface area (Å²) in [6, 6.07) is 6.26. The Labute approximate surface area is 182 Å². The Morgan fingerprint density at radius 2 is 1.73 bits per heavy atom. The zero-order valence-electron chi connectivity index (χ0n) is 17.2. The van der Waals surface area contributed by atoms with Crippen LogP contribution in [0.25, 0.3) is 0 Å². The summed E-state index contributed by atoms with van der Waals surface area (Å²) in [6.07, 6.45) is 7.45. The van der Waals surface area contributed by atoms with Gasteiger partial charge >= 0.3 is 5.97 Å². The van der Waals surface area contributed by atoms with Gasteiger partial charge < -0.3 is 14.8 Å². The maximum Gasteiger partial charge on any atom is 0.338 e. The van der Waals surface area contributed by atoms with Crippen LogP contribution in [0.4, 0.5) is 0 Å². The number of rotatable bonds is 8. The van der Waals surface area contributed by atoms with E-state index in [0.29, 0.717) is 30.3 Å². The molecule has 30 heavy (non-hydrogen) atoms. The molecule has 8 nitrogen and oxygen atoms in total. The molecule has 1 aromatic carbocycles. The molecule has 1 aliphatic rings. The Morgan fingerprint density at radius 1 is 1.03 bits per heavy atom. The van der Waals surface area contributed by atoms with Crippen molar-refractivity contribution in [1.82, 2.24) is 16.2 Å². The Bertz CT molecular complexity index is 733. The third-order valence-corrected chi connectivity index (χ3v) is 5.01. The second-order valence-electron chi connectivity index (χ2n) is 7.13. The van der Waals surface area contributed by atoms with Crippen LogP contribution in [-0.4, -0.2) is 36.1 Å². The number of amides is 2. The van der Waals surface area contributed by atoms with Crippen molar-refractivity contribution < 1.29 is 23.9 Å². The molecule has 0 unspecified atom stereocenters. The fourth-order valence-electron chi connectivity index (χ4n) is 3.24. The normalized spacial score (nSPS) is 13.8. The highest BCUT2D eigenvalue weighted by Gasteiger charge is 2.15. The fourth-order valence-corrected chi connectivity index (χ4v) is 3.41. The summed E-state index contributed by atoms with van der Waals surface area (Å²) < 4.78 is 10.2. The van der Waals surface area contributed by atoms with Gasteiger partial charge in [-0.2, -0.15) is 0 Å². The van der Waals surface area contributed by atoms with Gasteiger partial charge in [0, 0.05) is 6.42 Å². The molecule has 3 N–H and O–H groups in total. The van der Waals surface area contributed by atoms with E-state index in [2.05, 4.69) is 16.2 Å². The molecule has 0 aliphatic heterocycles. The van der Waals surface area contributed by atoms with E-state index < -0.39 is 11.9 Å². The number of esters is 1. The number of nitrogens with one attached hydrogen (secondary N) is 3. The third-order valence-electron chi connectivity index (χ3n) is 4.81. The van der Waals surface area contributed by atoms with E-state index in [1.807, 2.05) is 0 Å². The molecule has 0 spiro atoms. The predicted molar refractivity (Wildman–Crippen MR) is 116 cm³/mol. The molecule has 0 atom stereocenters. The van der Waals surface area contributed by atoms with Gasteiger partial charge in [-0.1, -0.05) is 32.1 Å². The molecule has 0 heterocycles. The summed E-state index contributed by atoms with van der Waals surface area (Å²) in [7, 11) is 0. The van der Waals surface area contributed by atoms with Crippen LogP contribution in [0.15, 0.2) is 24.3 Å². The molecule has 0 aromatic heterocycles. The number of hydrogen-bond acceptors (Lipinski definition) is 6. The van der Waals surface area contributed by atoms with Crippen molar-refractivity contribution in [3.8, 4) is 5.75 Å². The van der Waals surface area contributed by atoms with Gasteiger partial charge in [0.15, 0.2) is 11.7 Å². The highest BCUT2D eigenvalue weighted by atomic mass is 32.1. The second-order valence-corrected chi connectivity index (χ2v) is 7.53. The quantitative estimate of drug-likeness (QED) is 0.327. The summed E-state index contributed by atoms with van der Waals surface area (Å²) >= 11 is 5.01. The number of thiocarbonyl (C=S) groups is 1. The van der Waals surface area contributed by atoms with Crippen LogP contribution in [0, 0.1) is 5.92 Å². The Hall–Kier alpha value is -2.68. The lowest BCUT2D eigenvalue weighted by molar-refractivity contribution is -0.124. The summed E-state index contributed by atoms with van der Waals surface area (Å²) in [5.74, 6) is -0.000131. The highest BCUT2D eigenvalue weighted by Crippen LogP contribution is 2.27. The standard InChI is InChI=1S/C21H29N3O5S/c1-2-28-20(27)16-9-11-17(12-10-16)29-14-19(26)23-24-21(30)22-18(25)13-8-15-6-4-3-5-7-15/h9-12,15H,2-8,13-14H2,1H3,(H,23,26)(H2,22,24,25,30). The van der Waals surface area contributed by atoms with Crippen molar-refractivity contribution in [2.24, 2.45) is 5.92 Å². The first-order chi connectivity index (χ1) is 14.5. The van der Waals surface area contributed by atoms with Crippen LogP contribution in [0.5, 0.6) is 5.75 Å². The number of carbonyl (C=O) groups excluding carboxylic acids is 3. The number of ether oxygens (including phenoxy) is 2. The molecule has 0 radical (unpaired) electrons. The minimum Gasteiger partial charge on any atom is -0.484 e. The molecule has 0 bridgehead atoms. The van der Waals surface area contributed by atoms with Gasteiger partial charge in [0.1, 0.15) is 5.75 Å². The van der Waals surface area contributed by atoms with Crippen molar-refractivity contribution >= 4 is 35.1 Å². The molecule has 164 valence electrons. The van der Waals surface area contributed by atoms with Crippen LogP contribution in [0.2, 0.25) is 0 Å². The third kappa shape index (κ3) is 8.77. The molecule has 2 amide bonds. The lowest BCUT2D eigenvalue weighted by Gasteiger charge is -2.21. The van der Waals surface area contributed by atoms with Gasteiger partial charge in [-0.05, 0) is 55.7 Å². The zero-order valence-corrected chi connectivity index (χ0v) is 18.0. The second kappa shape index (κ2) is 12.8. The fraction of sp³-hybridized carbons (Fsp3) is 0.524. The van der Waals surface area contributed by atoms with E-state index in [1.165, 1.54) is 32.1 Å².